The molecule has 0 radical (unpaired) electrons. The fraction of sp³-hybridized carbons (Fsp3) is 0.143. The Bertz CT molecular complexity index is 591. The predicted octanol–water partition coefficient (Wildman–Crippen LogP) is 3.88. The number of hydrogen-bond acceptors (Lipinski definition) is 2. The van der Waals surface area contributed by atoms with Crippen LogP contribution in [0.1, 0.15) is 5.56 Å². The van der Waals surface area contributed by atoms with E-state index in [1.807, 2.05) is 0 Å². The van der Waals surface area contributed by atoms with E-state index in [1.165, 1.54) is 30.3 Å². The van der Waals surface area contributed by atoms with Crippen LogP contribution in [0.4, 0.5) is 17.6 Å². The van der Waals surface area contributed by atoms with Crippen molar-refractivity contribution < 1.29 is 27.4 Å². The molecule has 6 heteroatoms. The molecule has 0 aliphatic heterocycles. The van der Waals surface area contributed by atoms with Gasteiger partial charge in [0.25, 0.3) is 0 Å². The first-order valence-corrected chi connectivity index (χ1v) is 5.64. The van der Waals surface area contributed by atoms with Crippen LogP contribution in [0.2, 0.25) is 0 Å². The zero-order chi connectivity index (χ0) is 14.8. The normalized spacial score (nSPS) is 11.4. The van der Waals surface area contributed by atoms with Gasteiger partial charge in [-0.3, -0.25) is 0 Å². The van der Waals surface area contributed by atoms with Crippen LogP contribution in [0.5, 0.6) is 5.75 Å². The molecule has 0 saturated carbocycles. The summed E-state index contributed by atoms with van der Waals surface area (Å²) in [5.74, 6) is -0.897. The van der Waals surface area contributed by atoms with Gasteiger partial charge in [0.05, 0.1) is 6.61 Å². The van der Waals surface area contributed by atoms with Crippen LogP contribution in [-0.4, -0.2) is 11.5 Å². The molecule has 0 aliphatic rings. The molecular weight excluding hydrogens is 276 g/mol. The third-order valence-electron chi connectivity index (χ3n) is 2.61. The Morgan fingerprint density at radius 3 is 2.20 bits per heavy atom. The van der Waals surface area contributed by atoms with Crippen molar-refractivity contribution in [3.8, 4) is 16.9 Å². The van der Waals surface area contributed by atoms with Crippen LogP contribution in [0.3, 0.4) is 0 Å². The van der Waals surface area contributed by atoms with E-state index in [1.54, 1.807) is 0 Å². The number of alkyl halides is 3. The lowest BCUT2D eigenvalue weighted by Crippen LogP contribution is -2.16. The van der Waals surface area contributed by atoms with Gasteiger partial charge in [0.2, 0.25) is 0 Å². The molecule has 0 saturated heterocycles. The molecule has 0 bridgehead atoms. The lowest BCUT2D eigenvalue weighted by molar-refractivity contribution is -0.274. The zero-order valence-electron chi connectivity index (χ0n) is 10.1. The number of rotatable bonds is 3. The van der Waals surface area contributed by atoms with E-state index >= 15 is 0 Å². The molecule has 2 aromatic rings. The van der Waals surface area contributed by atoms with Gasteiger partial charge in [-0.05, 0) is 35.4 Å². The highest BCUT2D eigenvalue weighted by atomic mass is 19.4. The van der Waals surface area contributed by atoms with Crippen molar-refractivity contribution >= 4 is 0 Å². The van der Waals surface area contributed by atoms with Crippen LogP contribution >= 0.6 is 0 Å². The Labute approximate surface area is 112 Å². The molecule has 106 valence electrons. The Morgan fingerprint density at radius 1 is 1.00 bits per heavy atom. The summed E-state index contributed by atoms with van der Waals surface area (Å²) < 4.78 is 53.5. The molecular formula is C14H10F4O2. The van der Waals surface area contributed by atoms with Crippen molar-refractivity contribution in [3.05, 3.63) is 53.8 Å². The summed E-state index contributed by atoms with van der Waals surface area (Å²) in [6.45, 7) is -0.247. The molecule has 2 nitrogen and oxygen atoms in total. The number of aliphatic hydroxyl groups excluding tert-OH is 1. The van der Waals surface area contributed by atoms with Crippen molar-refractivity contribution in [1.82, 2.24) is 0 Å². The molecule has 2 rings (SSSR count). The van der Waals surface area contributed by atoms with E-state index in [9.17, 15) is 17.6 Å². The number of ether oxygens (including phenoxy) is 1. The van der Waals surface area contributed by atoms with Crippen molar-refractivity contribution in [3.63, 3.8) is 0 Å². The monoisotopic (exact) mass is 286 g/mol. The van der Waals surface area contributed by atoms with Crippen molar-refractivity contribution in [1.29, 1.82) is 0 Å². The van der Waals surface area contributed by atoms with Crippen molar-refractivity contribution in [2.24, 2.45) is 0 Å². The molecule has 0 aromatic heterocycles. The van der Waals surface area contributed by atoms with Crippen LogP contribution in [0.25, 0.3) is 11.1 Å². The highest BCUT2D eigenvalue weighted by Gasteiger charge is 2.30. The second-order valence-electron chi connectivity index (χ2n) is 4.04. The Balaban J connectivity index is 2.30. The molecule has 0 unspecified atom stereocenters. The van der Waals surface area contributed by atoms with E-state index in [0.717, 1.165) is 12.1 Å². The fourth-order valence-electron chi connectivity index (χ4n) is 1.73. The molecule has 0 aliphatic carbocycles. The van der Waals surface area contributed by atoms with E-state index in [4.69, 9.17) is 5.11 Å². The average Bonchev–Trinajstić information content (AvgIpc) is 2.39. The van der Waals surface area contributed by atoms with Crippen LogP contribution in [0.15, 0.2) is 42.5 Å². The summed E-state index contributed by atoms with van der Waals surface area (Å²) in [5, 5.41) is 9.00. The summed E-state index contributed by atoms with van der Waals surface area (Å²) >= 11 is 0. The van der Waals surface area contributed by atoms with E-state index < -0.39 is 12.2 Å². The van der Waals surface area contributed by atoms with E-state index in [0.29, 0.717) is 11.1 Å². The number of halogens is 4. The minimum absolute atomic E-state index is 0.204. The van der Waals surface area contributed by atoms with Gasteiger partial charge < -0.3 is 9.84 Å². The summed E-state index contributed by atoms with van der Waals surface area (Å²) in [4.78, 5) is 0. The van der Waals surface area contributed by atoms with E-state index in [2.05, 4.69) is 4.74 Å². The maximum absolute atomic E-state index is 13.7. The first-order chi connectivity index (χ1) is 9.39. The number of hydrogen-bond donors (Lipinski definition) is 1. The molecule has 1 N–H and O–H groups in total. The minimum atomic E-state index is -4.76. The topological polar surface area (TPSA) is 29.5 Å². The third-order valence-corrected chi connectivity index (χ3v) is 2.61. The Kier molecular flexibility index (Phi) is 3.94. The molecule has 0 amide bonds. The average molecular weight is 286 g/mol. The largest absolute Gasteiger partial charge is 0.573 e. The second kappa shape index (κ2) is 5.50. The molecule has 0 atom stereocenters. The van der Waals surface area contributed by atoms with Gasteiger partial charge in [-0.1, -0.05) is 18.2 Å². The molecule has 2 aromatic carbocycles. The maximum atomic E-state index is 13.7. The maximum Gasteiger partial charge on any atom is 0.573 e. The summed E-state index contributed by atoms with van der Waals surface area (Å²) in [5.41, 5.74) is 1.11. The minimum Gasteiger partial charge on any atom is -0.406 e. The summed E-state index contributed by atoms with van der Waals surface area (Å²) in [7, 11) is 0. The van der Waals surface area contributed by atoms with Gasteiger partial charge in [0, 0.05) is 5.56 Å². The Morgan fingerprint density at radius 2 is 1.65 bits per heavy atom. The Hall–Kier alpha value is -2.08. The van der Waals surface area contributed by atoms with Gasteiger partial charge >= 0.3 is 6.36 Å². The number of benzene rings is 2. The molecule has 0 heterocycles. The standard InChI is InChI=1S/C14H10F4O2/c15-13-6-1-9(8-19)7-12(13)10-2-4-11(5-3-10)20-14(16,17)18/h1-7,19H,8H2. The zero-order valence-corrected chi connectivity index (χ0v) is 10.1. The van der Waals surface area contributed by atoms with Gasteiger partial charge in [0.1, 0.15) is 11.6 Å². The fourth-order valence-corrected chi connectivity index (χ4v) is 1.73. The quantitative estimate of drug-likeness (QED) is 0.868. The highest BCUT2D eigenvalue weighted by Crippen LogP contribution is 2.28. The summed E-state index contributed by atoms with van der Waals surface area (Å²) in [6, 6.07) is 8.92. The smallest absolute Gasteiger partial charge is 0.406 e. The molecule has 0 fully saturated rings. The summed E-state index contributed by atoms with van der Waals surface area (Å²) in [6.07, 6.45) is -4.76. The SMILES string of the molecule is OCc1ccc(F)c(-c2ccc(OC(F)(F)F)cc2)c1. The lowest BCUT2D eigenvalue weighted by atomic mass is 10.0. The third kappa shape index (κ3) is 3.48. The van der Waals surface area contributed by atoms with Crippen molar-refractivity contribution in [2.45, 2.75) is 13.0 Å². The van der Waals surface area contributed by atoms with Gasteiger partial charge in [0.15, 0.2) is 0 Å². The molecule has 20 heavy (non-hydrogen) atoms. The first kappa shape index (κ1) is 14.3. The lowest BCUT2D eigenvalue weighted by Gasteiger charge is -2.10. The second-order valence-corrected chi connectivity index (χ2v) is 4.04. The number of aliphatic hydroxyl groups is 1. The van der Waals surface area contributed by atoms with E-state index in [-0.39, 0.29) is 17.9 Å². The van der Waals surface area contributed by atoms with Gasteiger partial charge in [-0.25, -0.2) is 4.39 Å². The molecule has 0 spiro atoms. The van der Waals surface area contributed by atoms with Crippen LogP contribution in [0, 0.1) is 5.82 Å². The first-order valence-electron chi connectivity index (χ1n) is 5.64. The van der Waals surface area contributed by atoms with Crippen LogP contribution < -0.4 is 4.74 Å². The highest BCUT2D eigenvalue weighted by molar-refractivity contribution is 5.65. The predicted molar refractivity (Wildman–Crippen MR) is 64.4 cm³/mol. The van der Waals surface area contributed by atoms with Crippen LogP contribution in [-0.2, 0) is 6.61 Å². The van der Waals surface area contributed by atoms with Crippen molar-refractivity contribution in [2.75, 3.05) is 0 Å². The van der Waals surface area contributed by atoms with Gasteiger partial charge in [-0.2, -0.15) is 0 Å². The van der Waals surface area contributed by atoms with Gasteiger partial charge in [-0.15, -0.1) is 13.2 Å².